The minimum Gasteiger partial charge on any atom is -0.380 e. The van der Waals surface area contributed by atoms with Gasteiger partial charge in [0.1, 0.15) is 5.82 Å². The topological polar surface area (TPSA) is 44.8 Å². The number of piperidine rings is 1. The van der Waals surface area contributed by atoms with E-state index in [0.717, 1.165) is 43.7 Å². The van der Waals surface area contributed by atoms with Crippen LogP contribution in [0.25, 0.3) is 0 Å². The average Bonchev–Trinajstić information content (AvgIpc) is 2.85. The SMILES string of the molecule is COCc1cccc(CN2CCC(N3C(=O)Nc4ccccc4C3c3ccccc3F)CC2)c1. The number of halogens is 1. The number of nitrogens with one attached hydrogen (secondary N) is 1. The van der Waals surface area contributed by atoms with Crippen LogP contribution < -0.4 is 5.32 Å². The summed E-state index contributed by atoms with van der Waals surface area (Å²) < 4.78 is 20.2. The van der Waals surface area contributed by atoms with E-state index in [1.807, 2.05) is 35.2 Å². The van der Waals surface area contributed by atoms with E-state index in [4.69, 9.17) is 4.74 Å². The highest BCUT2D eigenvalue weighted by atomic mass is 19.1. The maximum Gasteiger partial charge on any atom is 0.322 e. The normalized spacial score (nSPS) is 19.1. The maximum atomic E-state index is 15.0. The van der Waals surface area contributed by atoms with E-state index in [9.17, 15) is 9.18 Å². The van der Waals surface area contributed by atoms with Gasteiger partial charge in [0.05, 0.1) is 12.6 Å². The number of likely N-dealkylation sites (tertiary alicyclic amines) is 1. The van der Waals surface area contributed by atoms with Crippen LogP contribution in [0.3, 0.4) is 0 Å². The molecule has 1 N–H and O–H groups in total. The van der Waals surface area contributed by atoms with Crippen LogP contribution >= 0.6 is 0 Å². The molecule has 34 heavy (non-hydrogen) atoms. The molecule has 0 radical (unpaired) electrons. The third-order valence-corrected chi connectivity index (χ3v) is 6.87. The van der Waals surface area contributed by atoms with Gasteiger partial charge in [-0.1, -0.05) is 60.7 Å². The molecule has 5 nitrogen and oxygen atoms in total. The van der Waals surface area contributed by atoms with Gasteiger partial charge < -0.3 is 15.0 Å². The second-order valence-electron chi connectivity index (χ2n) is 9.11. The second kappa shape index (κ2) is 9.95. The highest BCUT2D eigenvalue weighted by Crippen LogP contribution is 2.41. The number of amides is 2. The molecule has 1 unspecified atom stereocenters. The predicted molar refractivity (Wildman–Crippen MR) is 131 cm³/mol. The molecule has 6 heteroatoms. The number of anilines is 1. The fourth-order valence-corrected chi connectivity index (χ4v) is 5.29. The molecule has 2 heterocycles. The number of urea groups is 1. The summed E-state index contributed by atoms with van der Waals surface area (Å²) in [6.07, 6.45) is 1.69. The van der Waals surface area contributed by atoms with Gasteiger partial charge in [0.15, 0.2) is 0 Å². The number of hydrogen-bond donors (Lipinski definition) is 1. The summed E-state index contributed by atoms with van der Waals surface area (Å²) in [7, 11) is 1.71. The van der Waals surface area contributed by atoms with Gasteiger partial charge in [-0.15, -0.1) is 0 Å². The largest absolute Gasteiger partial charge is 0.380 e. The van der Waals surface area contributed by atoms with Crippen LogP contribution in [0, 0.1) is 5.82 Å². The Bertz CT molecular complexity index is 1160. The fourth-order valence-electron chi connectivity index (χ4n) is 5.29. The molecular weight excluding hydrogens is 429 g/mol. The first-order valence-corrected chi connectivity index (χ1v) is 11.9. The molecule has 1 atom stereocenters. The van der Waals surface area contributed by atoms with Gasteiger partial charge in [-0.25, -0.2) is 9.18 Å². The monoisotopic (exact) mass is 459 g/mol. The lowest BCUT2D eigenvalue weighted by molar-refractivity contribution is 0.105. The highest BCUT2D eigenvalue weighted by Gasteiger charge is 2.40. The van der Waals surface area contributed by atoms with Crippen molar-refractivity contribution < 1.29 is 13.9 Å². The lowest BCUT2D eigenvalue weighted by Gasteiger charge is -2.45. The summed E-state index contributed by atoms with van der Waals surface area (Å²) in [4.78, 5) is 17.6. The highest BCUT2D eigenvalue weighted by molar-refractivity contribution is 5.94. The molecule has 3 aromatic rings. The summed E-state index contributed by atoms with van der Waals surface area (Å²) in [6.45, 7) is 3.25. The van der Waals surface area contributed by atoms with Crippen LogP contribution in [0.15, 0.2) is 72.8 Å². The number of benzene rings is 3. The molecule has 0 aromatic heterocycles. The summed E-state index contributed by atoms with van der Waals surface area (Å²) in [6, 6.07) is 22.5. The van der Waals surface area contributed by atoms with Gasteiger partial charge in [0.25, 0.3) is 0 Å². The summed E-state index contributed by atoms with van der Waals surface area (Å²) in [5.74, 6) is -0.282. The Morgan fingerprint density at radius 3 is 2.41 bits per heavy atom. The van der Waals surface area contributed by atoms with Crippen molar-refractivity contribution in [2.75, 3.05) is 25.5 Å². The first-order valence-electron chi connectivity index (χ1n) is 11.9. The van der Waals surface area contributed by atoms with Crippen LogP contribution in [-0.4, -0.2) is 42.1 Å². The van der Waals surface area contributed by atoms with Crippen molar-refractivity contribution >= 4 is 11.7 Å². The first kappa shape index (κ1) is 22.6. The van der Waals surface area contributed by atoms with Gasteiger partial charge >= 0.3 is 6.03 Å². The van der Waals surface area contributed by atoms with Gasteiger partial charge in [0, 0.05) is 49.6 Å². The Hall–Kier alpha value is -3.22. The predicted octanol–water partition coefficient (Wildman–Crippen LogP) is 5.57. The van der Waals surface area contributed by atoms with E-state index in [2.05, 4.69) is 34.5 Å². The number of carbonyl (C=O) groups is 1. The third kappa shape index (κ3) is 4.56. The van der Waals surface area contributed by atoms with E-state index in [1.165, 1.54) is 17.2 Å². The van der Waals surface area contributed by atoms with Crippen molar-refractivity contribution in [2.45, 2.75) is 38.1 Å². The number of methoxy groups -OCH3 is 1. The van der Waals surface area contributed by atoms with E-state index < -0.39 is 6.04 Å². The molecule has 1 fully saturated rings. The van der Waals surface area contributed by atoms with Crippen molar-refractivity contribution in [2.24, 2.45) is 0 Å². The number of nitrogens with zero attached hydrogens (tertiary/aromatic N) is 2. The molecule has 0 bridgehead atoms. The summed E-state index contributed by atoms with van der Waals surface area (Å²) in [5.41, 5.74) is 4.67. The van der Waals surface area contributed by atoms with Crippen molar-refractivity contribution in [3.8, 4) is 0 Å². The molecule has 2 aliphatic rings. The lowest BCUT2D eigenvalue weighted by Crippen LogP contribution is -2.52. The summed E-state index contributed by atoms with van der Waals surface area (Å²) >= 11 is 0. The van der Waals surface area contributed by atoms with Crippen molar-refractivity contribution in [1.82, 2.24) is 9.80 Å². The zero-order valence-electron chi connectivity index (χ0n) is 19.4. The Kier molecular flexibility index (Phi) is 6.61. The van der Waals surface area contributed by atoms with Crippen LogP contribution in [0.1, 0.15) is 41.1 Å². The standard InChI is InChI=1S/C28H30FN3O2/c1-34-19-21-8-6-7-20(17-21)18-31-15-13-22(14-16-31)32-27(23-9-2-4-11-25(23)29)24-10-3-5-12-26(24)30-28(32)33/h2-12,17,22,27H,13-16,18-19H2,1H3,(H,30,33). The minimum atomic E-state index is -0.437. The van der Waals surface area contributed by atoms with Gasteiger partial charge in [0.2, 0.25) is 0 Å². The smallest absolute Gasteiger partial charge is 0.322 e. The molecule has 2 amide bonds. The zero-order chi connectivity index (χ0) is 23.5. The van der Waals surface area contributed by atoms with Crippen LogP contribution in [-0.2, 0) is 17.9 Å². The molecule has 3 aromatic carbocycles. The molecule has 0 spiro atoms. The first-order chi connectivity index (χ1) is 16.6. The second-order valence-corrected chi connectivity index (χ2v) is 9.11. The summed E-state index contributed by atoms with van der Waals surface area (Å²) in [5, 5.41) is 3.03. The van der Waals surface area contributed by atoms with Gasteiger partial charge in [-0.2, -0.15) is 0 Å². The van der Waals surface area contributed by atoms with Crippen molar-refractivity contribution in [1.29, 1.82) is 0 Å². The quantitative estimate of drug-likeness (QED) is 0.524. The maximum absolute atomic E-state index is 15.0. The van der Waals surface area contributed by atoms with E-state index >= 15 is 0 Å². The third-order valence-electron chi connectivity index (χ3n) is 6.87. The number of ether oxygens (including phenoxy) is 1. The minimum absolute atomic E-state index is 0.0361. The fraction of sp³-hybridized carbons (Fsp3) is 0.321. The Balaban J connectivity index is 1.35. The Morgan fingerprint density at radius 1 is 0.941 bits per heavy atom. The van der Waals surface area contributed by atoms with Crippen LogP contribution in [0.4, 0.5) is 14.9 Å². The molecule has 176 valence electrons. The van der Waals surface area contributed by atoms with E-state index in [1.54, 1.807) is 19.2 Å². The van der Waals surface area contributed by atoms with Crippen LogP contribution in [0.5, 0.6) is 0 Å². The molecular formula is C28H30FN3O2. The molecule has 0 aliphatic carbocycles. The molecule has 0 saturated carbocycles. The van der Waals surface area contributed by atoms with E-state index in [-0.39, 0.29) is 17.9 Å². The number of rotatable bonds is 6. The van der Waals surface area contributed by atoms with Gasteiger partial charge in [-0.05, 0) is 36.1 Å². The number of hydrogen-bond acceptors (Lipinski definition) is 3. The Morgan fingerprint density at radius 2 is 1.65 bits per heavy atom. The van der Waals surface area contributed by atoms with Crippen molar-refractivity contribution in [3.63, 3.8) is 0 Å². The number of para-hydroxylation sites is 1. The number of fused-ring (bicyclic) bond motifs is 1. The lowest BCUT2D eigenvalue weighted by atomic mass is 9.90. The molecule has 5 rings (SSSR count). The molecule has 2 aliphatic heterocycles. The number of carbonyl (C=O) groups excluding carboxylic acids is 1. The van der Waals surface area contributed by atoms with E-state index in [0.29, 0.717) is 12.2 Å². The van der Waals surface area contributed by atoms with Gasteiger partial charge in [-0.3, -0.25) is 4.90 Å². The average molecular weight is 460 g/mol. The zero-order valence-corrected chi connectivity index (χ0v) is 19.4. The van der Waals surface area contributed by atoms with Crippen LogP contribution in [0.2, 0.25) is 0 Å². The Labute approximate surface area is 200 Å². The van der Waals surface area contributed by atoms with Crippen molar-refractivity contribution in [3.05, 3.63) is 101 Å². The molecule has 1 saturated heterocycles.